The first kappa shape index (κ1) is 12.3. The van der Waals surface area contributed by atoms with E-state index >= 15 is 0 Å². The fourth-order valence-electron chi connectivity index (χ4n) is 1.62. The molecular weight excluding hydrogens is 233 g/mol. The molecule has 2 aromatic rings. The highest BCUT2D eigenvalue weighted by molar-refractivity contribution is 5.69. The summed E-state index contributed by atoms with van der Waals surface area (Å²) in [6.07, 6.45) is 3.28. The van der Waals surface area contributed by atoms with Gasteiger partial charge in [0.25, 0.3) is 0 Å². The van der Waals surface area contributed by atoms with Crippen molar-refractivity contribution in [1.82, 2.24) is 9.97 Å². The summed E-state index contributed by atoms with van der Waals surface area (Å²) >= 11 is 0. The van der Waals surface area contributed by atoms with Crippen LogP contribution in [0.5, 0.6) is 5.75 Å². The minimum absolute atomic E-state index is 0.318. The zero-order valence-corrected chi connectivity index (χ0v) is 10.3. The van der Waals surface area contributed by atoms with Gasteiger partial charge in [-0.25, -0.2) is 14.4 Å². The summed E-state index contributed by atoms with van der Waals surface area (Å²) in [6.45, 7) is 2.72. The van der Waals surface area contributed by atoms with Crippen LogP contribution >= 0.6 is 0 Å². The number of ether oxygens (including phenoxy) is 1. The van der Waals surface area contributed by atoms with E-state index < -0.39 is 0 Å². The summed E-state index contributed by atoms with van der Waals surface area (Å²) in [4.78, 5) is 8.30. The lowest BCUT2D eigenvalue weighted by Crippen LogP contribution is -2.01. The predicted molar refractivity (Wildman–Crippen MR) is 68.1 cm³/mol. The van der Waals surface area contributed by atoms with Crippen molar-refractivity contribution in [2.24, 2.45) is 0 Å². The van der Waals surface area contributed by atoms with Crippen molar-refractivity contribution in [1.29, 1.82) is 0 Å². The van der Waals surface area contributed by atoms with E-state index in [4.69, 9.17) is 4.74 Å². The maximum absolute atomic E-state index is 13.3. The molecule has 1 aromatic heterocycles. The van der Waals surface area contributed by atoms with Crippen molar-refractivity contribution in [2.45, 2.75) is 6.92 Å². The van der Waals surface area contributed by atoms with Crippen LogP contribution in [0.25, 0.3) is 11.1 Å². The molecule has 0 bridgehead atoms. The molecule has 0 atom stereocenters. The van der Waals surface area contributed by atoms with Crippen LogP contribution in [0.15, 0.2) is 30.6 Å². The highest BCUT2D eigenvalue weighted by Gasteiger charge is 2.08. The van der Waals surface area contributed by atoms with Crippen LogP contribution < -0.4 is 10.1 Å². The van der Waals surface area contributed by atoms with Gasteiger partial charge >= 0.3 is 0 Å². The highest BCUT2D eigenvalue weighted by Crippen LogP contribution is 2.29. The monoisotopic (exact) mass is 247 g/mol. The standard InChI is InChI=1S/C13H14FN3O/c1-3-15-13-16-7-9(8-17-13)11-6-10(14)4-5-12(11)18-2/h4-8H,3H2,1-2H3,(H,15,16,17). The third-order valence-electron chi connectivity index (χ3n) is 2.46. The molecule has 0 radical (unpaired) electrons. The van der Waals surface area contributed by atoms with Crippen LogP contribution in [-0.4, -0.2) is 23.6 Å². The van der Waals surface area contributed by atoms with Gasteiger partial charge in [0.2, 0.25) is 5.95 Å². The second-order valence-corrected chi connectivity index (χ2v) is 3.67. The summed E-state index contributed by atoms with van der Waals surface area (Å²) in [5.74, 6) is 0.828. The van der Waals surface area contributed by atoms with Crippen molar-refractivity contribution < 1.29 is 9.13 Å². The molecule has 0 aliphatic carbocycles. The summed E-state index contributed by atoms with van der Waals surface area (Å²) in [5.41, 5.74) is 1.36. The molecule has 0 unspecified atom stereocenters. The Kier molecular flexibility index (Phi) is 3.72. The summed E-state index contributed by atoms with van der Waals surface area (Å²) < 4.78 is 18.5. The molecule has 2 rings (SSSR count). The normalized spacial score (nSPS) is 10.2. The number of rotatable bonds is 4. The Bertz CT molecular complexity index is 528. The van der Waals surface area contributed by atoms with E-state index in [-0.39, 0.29) is 5.82 Å². The van der Waals surface area contributed by atoms with Gasteiger partial charge in [0.1, 0.15) is 11.6 Å². The molecule has 1 N–H and O–H groups in total. The molecule has 94 valence electrons. The van der Waals surface area contributed by atoms with Crippen LogP contribution in [0.4, 0.5) is 10.3 Å². The molecule has 0 saturated heterocycles. The van der Waals surface area contributed by atoms with Crippen molar-refractivity contribution in [3.63, 3.8) is 0 Å². The zero-order chi connectivity index (χ0) is 13.0. The third-order valence-corrected chi connectivity index (χ3v) is 2.46. The first-order valence-corrected chi connectivity index (χ1v) is 5.64. The van der Waals surface area contributed by atoms with Crippen LogP contribution in [0.1, 0.15) is 6.92 Å². The Balaban J connectivity index is 2.38. The lowest BCUT2D eigenvalue weighted by molar-refractivity contribution is 0.415. The molecule has 1 aromatic carbocycles. The Hall–Kier alpha value is -2.17. The fourth-order valence-corrected chi connectivity index (χ4v) is 1.62. The lowest BCUT2D eigenvalue weighted by atomic mass is 10.1. The maximum atomic E-state index is 13.3. The van der Waals surface area contributed by atoms with Crippen LogP contribution in [0, 0.1) is 5.82 Å². The van der Waals surface area contributed by atoms with Crippen LogP contribution in [-0.2, 0) is 0 Å². The number of hydrogen-bond acceptors (Lipinski definition) is 4. The van der Waals surface area contributed by atoms with Gasteiger partial charge in [-0.15, -0.1) is 0 Å². The van der Waals surface area contributed by atoms with E-state index in [2.05, 4.69) is 15.3 Å². The van der Waals surface area contributed by atoms with Gasteiger partial charge in [0, 0.05) is 30.1 Å². The first-order chi connectivity index (χ1) is 8.74. The molecule has 4 nitrogen and oxygen atoms in total. The summed E-state index contributed by atoms with van der Waals surface area (Å²) in [7, 11) is 1.55. The van der Waals surface area contributed by atoms with Gasteiger partial charge < -0.3 is 10.1 Å². The second kappa shape index (κ2) is 5.44. The number of nitrogens with zero attached hydrogens (tertiary/aromatic N) is 2. The minimum atomic E-state index is -0.318. The summed E-state index contributed by atoms with van der Waals surface area (Å²) in [6, 6.07) is 4.35. The van der Waals surface area contributed by atoms with E-state index in [1.54, 1.807) is 25.6 Å². The zero-order valence-electron chi connectivity index (χ0n) is 10.3. The molecule has 5 heteroatoms. The minimum Gasteiger partial charge on any atom is -0.496 e. The number of hydrogen-bond donors (Lipinski definition) is 1. The smallest absolute Gasteiger partial charge is 0.222 e. The number of halogens is 1. The highest BCUT2D eigenvalue weighted by atomic mass is 19.1. The lowest BCUT2D eigenvalue weighted by Gasteiger charge is -2.08. The number of nitrogens with one attached hydrogen (secondary N) is 1. The van der Waals surface area contributed by atoms with Gasteiger partial charge in [-0.2, -0.15) is 0 Å². The van der Waals surface area contributed by atoms with E-state index in [9.17, 15) is 4.39 Å². The first-order valence-electron chi connectivity index (χ1n) is 5.64. The average Bonchev–Trinajstić information content (AvgIpc) is 2.40. The molecule has 0 saturated carbocycles. The van der Waals surface area contributed by atoms with Crippen molar-refractivity contribution in [2.75, 3.05) is 19.0 Å². The Morgan fingerprint density at radius 1 is 1.28 bits per heavy atom. The predicted octanol–water partition coefficient (Wildman–Crippen LogP) is 2.72. The third kappa shape index (κ3) is 2.56. The topological polar surface area (TPSA) is 47.0 Å². The second-order valence-electron chi connectivity index (χ2n) is 3.67. The Morgan fingerprint density at radius 2 is 2.00 bits per heavy atom. The molecule has 18 heavy (non-hydrogen) atoms. The van der Waals surface area contributed by atoms with Gasteiger partial charge in [-0.05, 0) is 25.1 Å². The molecule has 0 amide bonds. The van der Waals surface area contributed by atoms with Crippen molar-refractivity contribution >= 4 is 5.95 Å². The maximum Gasteiger partial charge on any atom is 0.222 e. The molecule has 0 aliphatic heterocycles. The van der Waals surface area contributed by atoms with E-state index in [1.165, 1.54) is 12.1 Å². The SMILES string of the molecule is CCNc1ncc(-c2cc(F)ccc2OC)cn1. The van der Waals surface area contributed by atoms with Gasteiger partial charge in [-0.1, -0.05) is 0 Å². The Morgan fingerprint density at radius 3 is 2.61 bits per heavy atom. The van der Waals surface area contributed by atoms with Gasteiger partial charge in [-0.3, -0.25) is 0 Å². The quantitative estimate of drug-likeness (QED) is 0.902. The van der Waals surface area contributed by atoms with E-state index in [0.717, 1.165) is 6.54 Å². The largest absolute Gasteiger partial charge is 0.496 e. The summed E-state index contributed by atoms with van der Waals surface area (Å²) in [5, 5.41) is 3.00. The van der Waals surface area contributed by atoms with Crippen molar-refractivity contribution in [3.05, 3.63) is 36.4 Å². The molecule has 0 spiro atoms. The van der Waals surface area contributed by atoms with E-state index in [0.29, 0.717) is 22.8 Å². The number of methoxy groups -OCH3 is 1. The number of anilines is 1. The van der Waals surface area contributed by atoms with Crippen molar-refractivity contribution in [3.8, 4) is 16.9 Å². The fraction of sp³-hybridized carbons (Fsp3) is 0.231. The van der Waals surface area contributed by atoms with Gasteiger partial charge in [0.05, 0.1) is 7.11 Å². The molecule has 0 aliphatic rings. The number of benzene rings is 1. The molecular formula is C13H14FN3O. The molecule has 1 heterocycles. The van der Waals surface area contributed by atoms with Crippen LogP contribution in [0.3, 0.4) is 0 Å². The molecule has 0 fully saturated rings. The number of aromatic nitrogens is 2. The van der Waals surface area contributed by atoms with E-state index in [1.807, 2.05) is 6.92 Å². The average molecular weight is 247 g/mol. The van der Waals surface area contributed by atoms with Crippen LogP contribution in [0.2, 0.25) is 0 Å². The van der Waals surface area contributed by atoms with Gasteiger partial charge in [0.15, 0.2) is 0 Å². The Labute approximate surface area is 105 Å².